The van der Waals surface area contributed by atoms with Crippen LogP contribution in [0, 0.1) is 11.8 Å². The summed E-state index contributed by atoms with van der Waals surface area (Å²) in [4.78, 5) is 22.6. The molecule has 2 amide bonds. The minimum atomic E-state index is -0.843. The summed E-state index contributed by atoms with van der Waals surface area (Å²) in [6.45, 7) is 0.719. The van der Waals surface area contributed by atoms with E-state index in [1.54, 1.807) is 0 Å². The monoisotopic (exact) mass is 268 g/mol. The highest BCUT2D eigenvalue weighted by atomic mass is 16.4. The van der Waals surface area contributed by atoms with Crippen LogP contribution >= 0.6 is 0 Å². The lowest BCUT2D eigenvalue weighted by atomic mass is 9.89. The van der Waals surface area contributed by atoms with Crippen LogP contribution in [0.2, 0.25) is 0 Å². The van der Waals surface area contributed by atoms with Crippen molar-refractivity contribution in [2.24, 2.45) is 11.8 Å². The van der Waals surface area contributed by atoms with Crippen molar-refractivity contribution in [2.45, 2.75) is 57.4 Å². The smallest absolute Gasteiger partial charge is 0.315 e. The van der Waals surface area contributed by atoms with E-state index in [1.165, 1.54) is 32.1 Å². The van der Waals surface area contributed by atoms with E-state index in [2.05, 4.69) is 10.6 Å². The number of rotatable bonds is 6. The number of carbonyl (C=O) groups excluding carboxylic acids is 1. The average Bonchev–Trinajstić information content (AvgIpc) is 3.20. The van der Waals surface area contributed by atoms with Crippen molar-refractivity contribution in [1.29, 1.82) is 0 Å². The summed E-state index contributed by atoms with van der Waals surface area (Å²) in [6, 6.07) is -0.410. The quantitative estimate of drug-likeness (QED) is 0.690. The molecule has 0 bridgehead atoms. The fraction of sp³-hybridized carbons (Fsp3) is 0.857. The molecule has 0 radical (unpaired) electrons. The van der Waals surface area contributed by atoms with Gasteiger partial charge in [0, 0.05) is 12.6 Å². The van der Waals surface area contributed by atoms with Crippen LogP contribution in [-0.2, 0) is 4.79 Å². The highest BCUT2D eigenvalue weighted by Gasteiger charge is 2.33. The second kappa shape index (κ2) is 6.78. The number of hydrogen-bond acceptors (Lipinski definition) is 2. The van der Waals surface area contributed by atoms with E-state index in [4.69, 9.17) is 5.11 Å². The predicted molar refractivity (Wildman–Crippen MR) is 71.9 cm³/mol. The summed E-state index contributed by atoms with van der Waals surface area (Å²) in [6.07, 6.45) is 8.31. The lowest BCUT2D eigenvalue weighted by Gasteiger charge is -2.23. The molecule has 0 heterocycles. The first-order chi connectivity index (χ1) is 9.15. The first-order valence-electron chi connectivity index (χ1n) is 7.41. The molecule has 1 unspecified atom stereocenters. The van der Waals surface area contributed by atoms with Gasteiger partial charge in [0.25, 0.3) is 0 Å². The minimum absolute atomic E-state index is 0.0293. The van der Waals surface area contributed by atoms with Gasteiger partial charge in [-0.25, -0.2) is 4.79 Å². The van der Waals surface area contributed by atoms with E-state index in [0.717, 1.165) is 19.4 Å². The van der Waals surface area contributed by atoms with Crippen molar-refractivity contribution < 1.29 is 14.7 Å². The molecule has 0 saturated heterocycles. The molecule has 0 aromatic rings. The Bertz CT molecular complexity index is 323. The number of carboxylic acid groups (broad SMARTS) is 1. The van der Waals surface area contributed by atoms with Gasteiger partial charge < -0.3 is 15.7 Å². The topological polar surface area (TPSA) is 78.4 Å². The Kier molecular flexibility index (Phi) is 5.05. The van der Waals surface area contributed by atoms with Crippen LogP contribution in [0.3, 0.4) is 0 Å². The summed E-state index contributed by atoms with van der Waals surface area (Å²) in [5, 5.41) is 14.6. The number of carboxylic acids is 1. The lowest BCUT2D eigenvalue weighted by Crippen LogP contribution is -2.45. The molecular formula is C14H24N2O3. The van der Waals surface area contributed by atoms with Crippen molar-refractivity contribution in [2.75, 3.05) is 6.54 Å². The van der Waals surface area contributed by atoms with E-state index in [-0.39, 0.29) is 18.5 Å². The average molecular weight is 268 g/mol. The zero-order chi connectivity index (χ0) is 13.7. The van der Waals surface area contributed by atoms with Gasteiger partial charge in [0.2, 0.25) is 0 Å². The Balaban J connectivity index is 1.68. The van der Waals surface area contributed by atoms with Gasteiger partial charge in [-0.05, 0) is 37.5 Å². The number of hydrogen-bond donors (Lipinski definition) is 3. The van der Waals surface area contributed by atoms with E-state index in [1.807, 2.05) is 0 Å². The van der Waals surface area contributed by atoms with Gasteiger partial charge in [-0.2, -0.15) is 0 Å². The van der Waals surface area contributed by atoms with Gasteiger partial charge in [0.05, 0.1) is 6.42 Å². The second-order valence-electron chi connectivity index (χ2n) is 5.90. The van der Waals surface area contributed by atoms with Crippen molar-refractivity contribution >= 4 is 12.0 Å². The summed E-state index contributed by atoms with van der Waals surface area (Å²) in [5.41, 5.74) is 0. The molecule has 2 aliphatic carbocycles. The molecule has 108 valence electrons. The van der Waals surface area contributed by atoms with Crippen molar-refractivity contribution in [3.8, 4) is 0 Å². The maximum absolute atomic E-state index is 11.8. The van der Waals surface area contributed by atoms with Gasteiger partial charge >= 0.3 is 12.0 Å². The van der Waals surface area contributed by atoms with Crippen LogP contribution < -0.4 is 10.6 Å². The summed E-state index contributed by atoms with van der Waals surface area (Å²) >= 11 is 0. The van der Waals surface area contributed by atoms with Gasteiger partial charge in [-0.3, -0.25) is 4.79 Å². The van der Waals surface area contributed by atoms with Crippen LogP contribution in [-0.4, -0.2) is 29.7 Å². The Morgan fingerprint density at radius 3 is 2.37 bits per heavy atom. The molecule has 2 rings (SSSR count). The van der Waals surface area contributed by atoms with Gasteiger partial charge in [0.15, 0.2) is 0 Å². The molecule has 2 fully saturated rings. The van der Waals surface area contributed by atoms with E-state index < -0.39 is 5.97 Å². The number of aliphatic carboxylic acids is 1. The van der Waals surface area contributed by atoms with Gasteiger partial charge in [0.1, 0.15) is 0 Å². The summed E-state index contributed by atoms with van der Waals surface area (Å²) < 4.78 is 0. The molecule has 2 aliphatic rings. The highest BCUT2D eigenvalue weighted by Crippen LogP contribution is 2.34. The van der Waals surface area contributed by atoms with Crippen molar-refractivity contribution in [1.82, 2.24) is 10.6 Å². The molecule has 5 nitrogen and oxygen atoms in total. The van der Waals surface area contributed by atoms with Crippen LogP contribution in [0.15, 0.2) is 0 Å². The second-order valence-corrected chi connectivity index (χ2v) is 5.90. The molecular weight excluding hydrogens is 244 g/mol. The lowest BCUT2D eigenvalue weighted by molar-refractivity contribution is -0.137. The number of urea groups is 1. The number of carbonyl (C=O) groups is 2. The first-order valence-corrected chi connectivity index (χ1v) is 7.41. The predicted octanol–water partition coefficient (Wildman–Crippen LogP) is 2.12. The number of amides is 2. The molecule has 0 aromatic heterocycles. The maximum Gasteiger partial charge on any atom is 0.315 e. The Morgan fingerprint density at radius 1 is 1.11 bits per heavy atom. The highest BCUT2D eigenvalue weighted by molar-refractivity contribution is 5.75. The number of nitrogens with one attached hydrogen (secondary N) is 2. The van der Waals surface area contributed by atoms with Gasteiger partial charge in [-0.15, -0.1) is 0 Å². The molecule has 2 saturated carbocycles. The van der Waals surface area contributed by atoms with E-state index in [0.29, 0.717) is 11.8 Å². The van der Waals surface area contributed by atoms with Crippen LogP contribution in [0.25, 0.3) is 0 Å². The zero-order valence-electron chi connectivity index (χ0n) is 11.4. The van der Waals surface area contributed by atoms with Crippen LogP contribution in [0.5, 0.6) is 0 Å². The third kappa shape index (κ3) is 5.09. The molecule has 0 aliphatic heterocycles. The van der Waals surface area contributed by atoms with Crippen molar-refractivity contribution in [3.63, 3.8) is 0 Å². The normalized spacial score (nSPS) is 21.7. The fourth-order valence-electron chi connectivity index (χ4n) is 2.87. The SMILES string of the molecule is O=C(O)CC(NC(=O)NCC1CCCCC1)C1CC1. The fourth-order valence-corrected chi connectivity index (χ4v) is 2.87. The van der Waals surface area contributed by atoms with Crippen molar-refractivity contribution in [3.05, 3.63) is 0 Å². The molecule has 1 atom stereocenters. The molecule has 3 N–H and O–H groups in total. The minimum Gasteiger partial charge on any atom is -0.481 e. The molecule has 0 spiro atoms. The van der Waals surface area contributed by atoms with Crippen LogP contribution in [0.1, 0.15) is 51.4 Å². The third-order valence-electron chi connectivity index (χ3n) is 4.18. The summed E-state index contributed by atoms with van der Waals surface area (Å²) in [7, 11) is 0. The Morgan fingerprint density at radius 2 is 1.79 bits per heavy atom. The maximum atomic E-state index is 11.8. The van der Waals surface area contributed by atoms with E-state index in [9.17, 15) is 9.59 Å². The molecule has 5 heteroatoms. The van der Waals surface area contributed by atoms with Crippen LogP contribution in [0.4, 0.5) is 4.79 Å². The molecule has 19 heavy (non-hydrogen) atoms. The first kappa shape index (κ1) is 14.2. The Labute approximate surface area is 114 Å². The summed E-state index contributed by atoms with van der Waals surface area (Å²) in [5.74, 6) is 0.111. The largest absolute Gasteiger partial charge is 0.481 e. The standard InChI is InChI=1S/C14H24N2O3/c17-13(18)8-12(11-6-7-11)16-14(19)15-9-10-4-2-1-3-5-10/h10-12H,1-9H2,(H,17,18)(H2,15,16,19). The molecule has 0 aromatic carbocycles. The van der Waals surface area contributed by atoms with Gasteiger partial charge in [-0.1, -0.05) is 19.3 Å². The zero-order valence-corrected chi connectivity index (χ0v) is 11.4. The van der Waals surface area contributed by atoms with E-state index >= 15 is 0 Å². The third-order valence-corrected chi connectivity index (χ3v) is 4.18. The Hall–Kier alpha value is -1.26.